The monoisotopic (exact) mass is 391 g/mol. The van der Waals surface area contributed by atoms with E-state index in [0.717, 1.165) is 11.3 Å². The van der Waals surface area contributed by atoms with Crippen molar-refractivity contribution in [3.63, 3.8) is 0 Å². The Morgan fingerprint density at radius 3 is 2.07 bits per heavy atom. The maximum absolute atomic E-state index is 12.9. The Morgan fingerprint density at radius 1 is 0.893 bits per heavy atom. The van der Waals surface area contributed by atoms with Gasteiger partial charge >= 0.3 is 0 Å². The molecule has 1 N–H and O–H groups in total. The molecule has 0 radical (unpaired) electrons. The molecule has 0 aliphatic heterocycles. The highest BCUT2D eigenvalue weighted by Crippen LogP contribution is 2.28. The fraction of sp³-hybridized carbons (Fsp3) is 0.240. The third-order valence-corrected chi connectivity index (χ3v) is 5.10. The Labute approximate surface area is 172 Å². The summed E-state index contributed by atoms with van der Waals surface area (Å²) in [4.78, 5) is 12.9. The molecule has 28 heavy (non-hydrogen) atoms. The number of anilines is 1. The Balaban J connectivity index is 1.86. The molecule has 3 rings (SSSR count). The van der Waals surface area contributed by atoms with Crippen LogP contribution >= 0.6 is 11.6 Å². The largest absolute Gasteiger partial charge is 0.378 e. The van der Waals surface area contributed by atoms with E-state index in [9.17, 15) is 4.79 Å². The van der Waals surface area contributed by atoms with Crippen LogP contribution in [0.5, 0.6) is 0 Å². The number of carbonyl (C=O) groups excluding carboxylic acids is 1. The summed E-state index contributed by atoms with van der Waals surface area (Å²) in [5.41, 5.74) is 4.14. The van der Waals surface area contributed by atoms with Crippen molar-refractivity contribution in [3.05, 3.63) is 101 Å². The van der Waals surface area contributed by atoms with Crippen LogP contribution in [0.15, 0.2) is 78.9 Å². The number of para-hydroxylation sites is 1. The summed E-state index contributed by atoms with van der Waals surface area (Å²) in [6, 6.07) is 25.5. The molecule has 2 nitrogen and oxygen atoms in total. The van der Waals surface area contributed by atoms with Crippen molar-refractivity contribution < 1.29 is 4.79 Å². The summed E-state index contributed by atoms with van der Waals surface area (Å²) in [5, 5.41) is 4.15. The van der Waals surface area contributed by atoms with Gasteiger partial charge in [0.2, 0.25) is 0 Å². The molecule has 0 bridgehead atoms. The average Bonchev–Trinajstić information content (AvgIpc) is 2.68. The van der Waals surface area contributed by atoms with Gasteiger partial charge in [-0.15, -0.1) is 0 Å². The second kappa shape index (κ2) is 8.62. The number of benzene rings is 3. The molecule has 0 unspecified atom stereocenters. The summed E-state index contributed by atoms with van der Waals surface area (Å²) in [6.45, 7) is 6.60. The molecule has 0 heterocycles. The maximum atomic E-state index is 12.9. The lowest BCUT2D eigenvalue weighted by Crippen LogP contribution is -2.17. The van der Waals surface area contributed by atoms with E-state index in [-0.39, 0.29) is 17.2 Å². The van der Waals surface area contributed by atoms with Crippen LogP contribution in [0.1, 0.15) is 54.7 Å². The molecule has 1 atom stereocenters. The van der Waals surface area contributed by atoms with Gasteiger partial charge < -0.3 is 5.32 Å². The third-order valence-electron chi connectivity index (χ3n) is 4.85. The van der Waals surface area contributed by atoms with Gasteiger partial charge in [0.05, 0.1) is 6.04 Å². The number of hydrogen-bond donors (Lipinski definition) is 1. The van der Waals surface area contributed by atoms with Crippen molar-refractivity contribution in [1.82, 2.24) is 0 Å². The van der Waals surface area contributed by atoms with Gasteiger partial charge in [-0.2, -0.15) is 0 Å². The van der Waals surface area contributed by atoms with Crippen LogP contribution in [0.2, 0.25) is 5.02 Å². The van der Waals surface area contributed by atoms with Crippen LogP contribution < -0.4 is 5.32 Å². The van der Waals surface area contributed by atoms with Crippen LogP contribution in [0.4, 0.5) is 5.69 Å². The maximum Gasteiger partial charge on any atom is 0.165 e. The van der Waals surface area contributed by atoms with Gasteiger partial charge in [-0.1, -0.05) is 74.8 Å². The average molecular weight is 392 g/mol. The number of carbonyl (C=O) groups is 1. The van der Waals surface area contributed by atoms with Crippen LogP contribution in [0.3, 0.4) is 0 Å². The standard InChI is InChI=1S/C25H26ClNO/c1-25(2,3)20-13-9-18(10-14-20)23(27-22-7-5-4-6-8-22)17-24(28)19-11-15-21(26)16-12-19/h4-16,23,27H,17H2,1-3H3/t23-/m0/s1. The molecule has 0 amide bonds. The van der Waals surface area contributed by atoms with E-state index in [1.54, 1.807) is 24.3 Å². The second-order valence-corrected chi connectivity index (χ2v) is 8.51. The first-order valence-electron chi connectivity index (χ1n) is 9.54. The normalized spacial score (nSPS) is 12.4. The summed E-state index contributed by atoms with van der Waals surface area (Å²) < 4.78 is 0. The zero-order valence-corrected chi connectivity index (χ0v) is 17.3. The number of Topliss-reactive ketones (excluding diaryl/α,β-unsaturated/α-hetero) is 1. The molecule has 0 aromatic heterocycles. The molecule has 0 aliphatic carbocycles. The Bertz CT molecular complexity index is 910. The van der Waals surface area contributed by atoms with Gasteiger partial charge in [0.1, 0.15) is 0 Å². The molecular formula is C25H26ClNO. The highest BCUT2D eigenvalue weighted by Gasteiger charge is 2.19. The fourth-order valence-electron chi connectivity index (χ4n) is 3.14. The first-order chi connectivity index (χ1) is 13.3. The molecular weight excluding hydrogens is 366 g/mol. The van der Waals surface area contributed by atoms with E-state index >= 15 is 0 Å². The number of halogens is 1. The first-order valence-corrected chi connectivity index (χ1v) is 9.91. The lowest BCUT2D eigenvalue weighted by molar-refractivity contribution is 0.0976. The third kappa shape index (κ3) is 5.24. The second-order valence-electron chi connectivity index (χ2n) is 8.07. The quantitative estimate of drug-likeness (QED) is 0.455. The van der Waals surface area contributed by atoms with Crippen molar-refractivity contribution in [3.8, 4) is 0 Å². The first kappa shape index (κ1) is 20.2. The van der Waals surface area contributed by atoms with E-state index < -0.39 is 0 Å². The molecule has 0 saturated carbocycles. The van der Waals surface area contributed by atoms with Crippen molar-refractivity contribution in [2.24, 2.45) is 0 Å². The van der Waals surface area contributed by atoms with Gasteiger partial charge in [-0.05, 0) is 52.9 Å². The predicted molar refractivity (Wildman–Crippen MR) is 118 cm³/mol. The molecule has 0 fully saturated rings. The zero-order valence-electron chi connectivity index (χ0n) is 16.6. The Morgan fingerprint density at radius 2 is 1.50 bits per heavy atom. The highest BCUT2D eigenvalue weighted by atomic mass is 35.5. The molecule has 0 spiro atoms. The highest BCUT2D eigenvalue weighted by molar-refractivity contribution is 6.30. The number of ketones is 1. The Hall–Kier alpha value is -2.58. The molecule has 0 saturated heterocycles. The van der Waals surface area contributed by atoms with Gasteiger partial charge in [0.15, 0.2) is 5.78 Å². The predicted octanol–water partition coefficient (Wildman–Crippen LogP) is 7.06. The van der Waals surface area contributed by atoms with E-state index in [1.165, 1.54) is 5.56 Å². The minimum Gasteiger partial charge on any atom is -0.378 e. The molecule has 3 aromatic carbocycles. The van der Waals surface area contributed by atoms with Crippen LogP contribution in [0.25, 0.3) is 0 Å². The summed E-state index contributed by atoms with van der Waals surface area (Å²) in [7, 11) is 0. The Kier molecular flexibility index (Phi) is 6.21. The van der Waals surface area contributed by atoms with Crippen molar-refractivity contribution in [2.45, 2.75) is 38.6 Å². The number of nitrogens with one attached hydrogen (secondary N) is 1. The molecule has 0 aliphatic rings. The van der Waals surface area contributed by atoms with Gasteiger partial charge in [0.25, 0.3) is 0 Å². The zero-order chi connectivity index (χ0) is 20.1. The lowest BCUT2D eigenvalue weighted by atomic mass is 9.86. The van der Waals surface area contributed by atoms with Crippen molar-refractivity contribution in [1.29, 1.82) is 0 Å². The minimum absolute atomic E-state index is 0.0880. The van der Waals surface area contributed by atoms with E-state index in [4.69, 9.17) is 11.6 Å². The van der Waals surface area contributed by atoms with Crippen molar-refractivity contribution >= 4 is 23.1 Å². The fourth-order valence-corrected chi connectivity index (χ4v) is 3.27. The summed E-state index contributed by atoms with van der Waals surface area (Å²) in [6.07, 6.45) is 0.366. The summed E-state index contributed by atoms with van der Waals surface area (Å²) >= 11 is 5.95. The van der Waals surface area contributed by atoms with Crippen LogP contribution in [-0.4, -0.2) is 5.78 Å². The SMILES string of the molecule is CC(C)(C)c1ccc([C@H](CC(=O)c2ccc(Cl)cc2)Nc2ccccc2)cc1. The topological polar surface area (TPSA) is 29.1 Å². The smallest absolute Gasteiger partial charge is 0.165 e. The van der Waals surface area contributed by atoms with Crippen LogP contribution in [-0.2, 0) is 5.41 Å². The number of hydrogen-bond acceptors (Lipinski definition) is 2. The van der Waals surface area contributed by atoms with Gasteiger partial charge in [-0.25, -0.2) is 0 Å². The van der Waals surface area contributed by atoms with E-state index in [2.05, 4.69) is 50.4 Å². The lowest BCUT2D eigenvalue weighted by Gasteiger charge is -2.23. The molecule has 3 heteroatoms. The van der Waals surface area contributed by atoms with E-state index in [1.807, 2.05) is 30.3 Å². The molecule has 3 aromatic rings. The van der Waals surface area contributed by atoms with Crippen molar-refractivity contribution in [2.75, 3.05) is 5.32 Å². The van der Waals surface area contributed by atoms with Crippen LogP contribution in [0, 0.1) is 0 Å². The van der Waals surface area contributed by atoms with E-state index in [0.29, 0.717) is 17.0 Å². The van der Waals surface area contributed by atoms with Gasteiger partial charge in [0, 0.05) is 22.7 Å². The summed E-state index contributed by atoms with van der Waals surface area (Å²) in [5.74, 6) is 0.0880. The number of rotatable bonds is 6. The minimum atomic E-state index is -0.111. The van der Waals surface area contributed by atoms with Gasteiger partial charge in [-0.3, -0.25) is 4.79 Å². The molecule has 144 valence electrons.